The summed E-state index contributed by atoms with van der Waals surface area (Å²) in [5.41, 5.74) is 0.828. The molecule has 2 aromatic carbocycles. The molecule has 2 aromatic rings. The van der Waals surface area contributed by atoms with Gasteiger partial charge >= 0.3 is 10.1 Å². The highest BCUT2D eigenvalue weighted by Crippen LogP contribution is 2.30. The Morgan fingerprint density at radius 3 is 2.34 bits per heavy atom. The molecule has 1 amide bonds. The van der Waals surface area contributed by atoms with Gasteiger partial charge in [-0.1, -0.05) is 18.6 Å². The molecule has 0 heterocycles. The van der Waals surface area contributed by atoms with Crippen LogP contribution in [0, 0.1) is 5.92 Å². The van der Waals surface area contributed by atoms with Crippen LogP contribution in [0.1, 0.15) is 38.7 Å². The minimum absolute atomic E-state index is 0.0488. The summed E-state index contributed by atoms with van der Waals surface area (Å²) in [6.07, 6.45) is 3.01. The van der Waals surface area contributed by atoms with Gasteiger partial charge in [-0.05, 0) is 68.7 Å². The highest BCUT2D eigenvalue weighted by molar-refractivity contribution is 7.87. The fraction of sp³-hybridized carbons (Fsp3) is 0.409. The van der Waals surface area contributed by atoms with E-state index < -0.39 is 10.1 Å². The van der Waals surface area contributed by atoms with E-state index in [-0.39, 0.29) is 28.5 Å². The second-order valence-electron chi connectivity index (χ2n) is 7.55. The highest BCUT2D eigenvalue weighted by atomic mass is 32.2. The molecule has 0 aliphatic heterocycles. The zero-order chi connectivity index (χ0) is 21.0. The summed E-state index contributed by atoms with van der Waals surface area (Å²) in [5, 5.41) is 0. The molecule has 0 saturated heterocycles. The van der Waals surface area contributed by atoms with Crippen LogP contribution in [0.15, 0.2) is 53.4 Å². The Labute approximate surface area is 172 Å². The maximum atomic E-state index is 12.7. The van der Waals surface area contributed by atoms with Crippen LogP contribution in [0.3, 0.4) is 0 Å². The number of carbonyl (C=O) groups is 1. The Kier molecular flexibility index (Phi) is 6.47. The van der Waals surface area contributed by atoms with Gasteiger partial charge in [-0.25, -0.2) is 0 Å². The first kappa shape index (κ1) is 21.2. The predicted molar refractivity (Wildman–Crippen MR) is 110 cm³/mol. The summed E-state index contributed by atoms with van der Waals surface area (Å²) in [4.78, 5) is 14.6. The molecule has 0 N–H and O–H groups in total. The fourth-order valence-corrected chi connectivity index (χ4v) is 4.14. The monoisotopic (exact) mass is 417 g/mol. The molecule has 1 aliphatic carbocycles. The number of amides is 1. The zero-order valence-corrected chi connectivity index (χ0v) is 17.8. The number of carbonyl (C=O) groups excluding carboxylic acids is 1. The third kappa shape index (κ3) is 5.09. The number of nitrogens with zero attached hydrogens (tertiary/aromatic N) is 1. The van der Waals surface area contributed by atoms with E-state index in [1.54, 1.807) is 30.3 Å². The molecule has 7 heteroatoms. The number of hydrogen-bond donors (Lipinski definition) is 0. The molecule has 0 aromatic heterocycles. The minimum Gasteiger partial charge on any atom is -0.497 e. The van der Waals surface area contributed by atoms with E-state index in [0.717, 1.165) is 24.8 Å². The van der Waals surface area contributed by atoms with Gasteiger partial charge in [-0.3, -0.25) is 4.79 Å². The summed E-state index contributed by atoms with van der Waals surface area (Å²) in [7, 11) is -2.45. The van der Waals surface area contributed by atoms with Gasteiger partial charge in [0, 0.05) is 18.5 Å². The number of methoxy groups -OCH3 is 1. The molecule has 0 radical (unpaired) electrons. The van der Waals surface area contributed by atoms with Crippen molar-refractivity contribution >= 4 is 16.0 Å². The smallest absolute Gasteiger partial charge is 0.339 e. The van der Waals surface area contributed by atoms with E-state index >= 15 is 0 Å². The summed E-state index contributed by atoms with van der Waals surface area (Å²) >= 11 is 0. The quantitative estimate of drug-likeness (QED) is 0.607. The van der Waals surface area contributed by atoms with Gasteiger partial charge in [0.1, 0.15) is 16.4 Å². The molecule has 0 bridgehead atoms. The van der Waals surface area contributed by atoms with E-state index in [1.807, 2.05) is 24.8 Å². The molecular formula is C22H27NO5S. The summed E-state index contributed by atoms with van der Waals surface area (Å²) in [5.74, 6) is 1.07. The van der Waals surface area contributed by atoms with Crippen molar-refractivity contribution in [2.75, 3.05) is 7.11 Å². The van der Waals surface area contributed by atoms with Gasteiger partial charge in [0.05, 0.1) is 7.11 Å². The zero-order valence-electron chi connectivity index (χ0n) is 17.0. The molecule has 6 nitrogen and oxygen atoms in total. The number of benzene rings is 2. The van der Waals surface area contributed by atoms with Crippen molar-refractivity contribution in [3.05, 3.63) is 54.1 Å². The van der Waals surface area contributed by atoms with Crippen LogP contribution in [-0.4, -0.2) is 32.4 Å². The van der Waals surface area contributed by atoms with Crippen LogP contribution in [0.5, 0.6) is 11.5 Å². The van der Waals surface area contributed by atoms with Crippen molar-refractivity contribution in [1.82, 2.24) is 4.90 Å². The summed E-state index contributed by atoms with van der Waals surface area (Å²) < 4.78 is 35.5. The molecule has 0 unspecified atom stereocenters. The van der Waals surface area contributed by atoms with Crippen molar-refractivity contribution in [2.24, 2.45) is 5.92 Å². The topological polar surface area (TPSA) is 72.9 Å². The van der Waals surface area contributed by atoms with Gasteiger partial charge in [0.2, 0.25) is 5.91 Å². The average molecular weight is 418 g/mol. The van der Waals surface area contributed by atoms with Gasteiger partial charge in [-0.2, -0.15) is 8.42 Å². The Balaban J connectivity index is 1.74. The largest absolute Gasteiger partial charge is 0.497 e. The van der Waals surface area contributed by atoms with Crippen LogP contribution in [-0.2, 0) is 21.5 Å². The van der Waals surface area contributed by atoms with Gasteiger partial charge in [-0.15, -0.1) is 0 Å². The Hall–Kier alpha value is -2.54. The highest BCUT2D eigenvalue weighted by Gasteiger charge is 2.30. The molecule has 1 saturated carbocycles. The predicted octanol–water partition coefficient (Wildman–Crippen LogP) is 4.00. The molecule has 1 fully saturated rings. The van der Waals surface area contributed by atoms with Crippen molar-refractivity contribution in [3.63, 3.8) is 0 Å². The van der Waals surface area contributed by atoms with E-state index in [1.165, 1.54) is 19.2 Å². The first-order valence-electron chi connectivity index (χ1n) is 9.78. The van der Waals surface area contributed by atoms with Crippen LogP contribution >= 0.6 is 0 Å². The van der Waals surface area contributed by atoms with E-state index in [9.17, 15) is 13.2 Å². The molecular weight excluding hydrogens is 390 g/mol. The Morgan fingerprint density at radius 1 is 1.10 bits per heavy atom. The number of hydrogen-bond acceptors (Lipinski definition) is 5. The standard InChI is InChI=1S/C22H27NO5S/c1-16(2)23(22(24)18-7-5-8-18)15-17-6-4-9-20(14-17)28-29(25,26)21-12-10-19(27-3)11-13-21/h4,6,9-14,16,18H,5,7-8,15H2,1-3H3. The fourth-order valence-electron chi connectivity index (χ4n) is 3.21. The molecule has 29 heavy (non-hydrogen) atoms. The lowest BCUT2D eigenvalue weighted by molar-refractivity contribution is -0.140. The van der Waals surface area contributed by atoms with Gasteiger partial charge < -0.3 is 13.8 Å². The first-order valence-corrected chi connectivity index (χ1v) is 11.2. The lowest BCUT2D eigenvalue weighted by atomic mass is 9.84. The van der Waals surface area contributed by atoms with Crippen LogP contribution in [0.2, 0.25) is 0 Å². The van der Waals surface area contributed by atoms with Crippen molar-refractivity contribution < 1.29 is 22.1 Å². The maximum Gasteiger partial charge on any atom is 0.339 e. The first-order chi connectivity index (χ1) is 13.8. The van der Waals surface area contributed by atoms with Crippen LogP contribution in [0.4, 0.5) is 0 Å². The van der Waals surface area contributed by atoms with Gasteiger partial charge in [0.25, 0.3) is 0 Å². The van der Waals surface area contributed by atoms with Crippen molar-refractivity contribution in [1.29, 1.82) is 0 Å². The van der Waals surface area contributed by atoms with Gasteiger partial charge in [0.15, 0.2) is 0 Å². The van der Waals surface area contributed by atoms with E-state index in [4.69, 9.17) is 8.92 Å². The van der Waals surface area contributed by atoms with Crippen molar-refractivity contribution in [2.45, 2.75) is 50.6 Å². The summed E-state index contributed by atoms with van der Waals surface area (Å²) in [6.45, 7) is 4.41. The van der Waals surface area contributed by atoms with Crippen LogP contribution < -0.4 is 8.92 Å². The molecule has 1 aliphatic rings. The molecule has 0 atom stereocenters. The lowest BCUT2D eigenvalue weighted by Crippen LogP contribution is -2.42. The number of rotatable bonds is 8. The lowest BCUT2D eigenvalue weighted by Gasteiger charge is -2.34. The Bertz CT molecular complexity index is 949. The average Bonchev–Trinajstić information content (AvgIpc) is 2.64. The molecule has 3 rings (SSSR count). The normalized spacial score (nSPS) is 14.3. The summed E-state index contributed by atoms with van der Waals surface area (Å²) in [6, 6.07) is 13.0. The minimum atomic E-state index is -3.96. The second kappa shape index (κ2) is 8.86. The number of ether oxygens (including phenoxy) is 1. The molecule has 0 spiro atoms. The maximum absolute atomic E-state index is 12.7. The van der Waals surface area contributed by atoms with E-state index in [0.29, 0.717) is 12.3 Å². The molecule has 156 valence electrons. The SMILES string of the molecule is COc1ccc(S(=O)(=O)Oc2cccc(CN(C(=O)C3CCC3)C(C)C)c2)cc1. The van der Waals surface area contributed by atoms with E-state index in [2.05, 4.69) is 0 Å². The second-order valence-corrected chi connectivity index (χ2v) is 9.09. The van der Waals surface area contributed by atoms with Crippen LogP contribution in [0.25, 0.3) is 0 Å². The third-order valence-corrected chi connectivity index (χ3v) is 6.43. The third-order valence-electron chi connectivity index (χ3n) is 5.17. The Morgan fingerprint density at radius 2 is 1.79 bits per heavy atom. The van der Waals surface area contributed by atoms with Crippen molar-refractivity contribution in [3.8, 4) is 11.5 Å².